The van der Waals surface area contributed by atoms with Gasteiger partial charge in [0.2, 0.25) is 5.91 Å². The normalized spacial score (nSPS) is 11.4. The van der Waals surface area contributed by atoms with Crippen molar-refractivity contribution < 1.29 is 4.79 Å². The van der Waals surface area contributed by atoms with Gasteiger partial charge in [0.25, 0.3) is 0 Å². The molecule has 0 aromatic carbocycles. The van der Waals surface area contributed by atoms with Crippen molar-refractivity contribution in [3.8, 4) is 0 Å². The molecule has 0 fully saturated rings. The van der Waals surface area contributed by atoms with E-state index in [1.54, 1.807) is 0 Å². The summed E-state index contributed by atoms with van der Waals surface area (Å²) >= 11 is 0. The molecule has 0 aliphatic carbocycles. The number of aromatic amines is 1. The van der Waals surface area contributed by atoms with E-state index in [0.29, 0.717) is 13.0 Å². The summed E-state index contributed by atoms with van der Waals surface area (Å²) in [5, 5.41) is 6.07. The molecule has 1 aromatic heterocycles. The Balaban J connectivity index is 2.30. The van der Waals surface area contributed by atoms with E-state index in [0.717, 1.165) is 12.1 Å². The fourth-order valence-corrected chi connectivity index (χ4v) is 1.60. The molecule has 0 saturated heterocycles. The van der Waals surface area contributed by atoms with Gasteiger partial charge in [0, 0.05) is 25.5 Å². The maximum absolute atomic E-state index is 11.6. The lowest BCUT2D eigenvalue weighted by Gasteiger charge is -2.24. The molecule has 0 saturated carbocycles. The molecule has 0 unspecified atom stereocenters. The predicted octanol–water partition coefficient (Wildman–Crippen LogP) is 0.919. The summed E-state index contributed by atoms with van der Waals surface area (Å²) in [7, 11) is 1.92. The van der Waals surface area contributed by atoms with Gasteiger partial charge in [0.05, 0.1) is 6.42 Å². The number of hydrogen-bond acceptors (Lipinski definition) is 2. The lowest BCUT2D eigenvalue weighted by atomic mass is 9.93. The van der Waals surface area contributed by atoms with Crippen LogP contribution in [-0.4, -0.2) is 31.0 Å². The summed E-state index contributed by atoms with van der Waals surface area (Å²) in [5.74, 6) is 0.0729. The zero-order valence-electron chi connectivity index (χ0n) is 10.3. The number of rotatable bonds is 6. The first-order valence-corrected chi connectivity index (χ1v) is 5.56. The van der Waals surface area contributed by atoms with Crippen LogP contribution >= 0.6 is 0 Å². The Bertz CT molecular complexity index is 317. The average molecular weight is 223 g/mol. The monoisotopic (exact) mass is 223 g/mol. The summed E-state index contributed by atoms with van der Waals surface area (Å²) in [5.41, 5.74) is 1.10. The predicted molar refractivity (Wildman–Crippen MR) is 65.2 cm³/mol. The molecule has 0 atom stereocenters. The molecule has 16 heavy (non-hydrogen) atoms. The van der Waals surface area contributed by atoms with Crippen LogP contribution in [0, 0.1) is 5.41 Å². The molecule has 90 valence electrons. The minimum Gasteiger partial charge on any atom is -0.367 e. The molecular weight excluding hydrogens is 202 g/mol. The van der Waals surface area contributed by atoms with Crippen LogP contribution in [-0.2, 0) is 11.2 Å². The van der Waals surface area contributed by atoms with Crippen molar-refractivity contribution in [2.24, 2.45) is 5.41 Å². The van der Waals surface area contributed by atoms with Crippen LogP contribution in [0.5, 0.6) is 0 Å². The Hall–Kier alpha value is -1.29. The van der Waals surface area contributed by atoms with Gasteiger partial charge >= 0.3 is 0 Å². The van der Waals surface area contributed by atoms with Gasteiger partial charge in [-0.2, -0.15) is 0 Å². The van der Waals surface area contributed by atoms with Crippen molar-refractivity contribution in [2.45, 2.75) is 20.3 Å². The molecule has 1 rings (SSSR count). The lowest BCUT2D eigenvalue weighted by Crippen LogP contribution is -2.39. The third-order valence-electron chi connectivity index (χ3n) is 2.45. The molecule has 0 bridgehead atoms. The summed E-state index contributed by atoms with van der Waals surface area (Å²) in [4.78, 5) is 14.6. The number of carbonyl (C=O) groups is 1. The van der Waals surface area contributed by atoms with Crippen LogP contribution in [0.2, 0.25) is 0 Å². The minimum atomic E-state index is 0.0729. The Labute approximate surface area is 96.8 Å². The number of aromatic nitrogens is 1. The first-order valence-electron chi connectivity index (χ1n) is 5.56. The van der Waals surface area contributed by atoms with Gasteiger partial charge in [0.1, 0.15) is 0 Å². The molecule has 0 spiro atoms. The van der Waals surface area contributed by atoms with Crippen LogP contribution in [0.15, 0.2) is 18.5 Å². The van der Waals surface area contributed by atoms with Crippen LogP contribution in [0.1, 0.15) is 19.4 Å². The molecule has 4 nitrogen and oxygen atoms in total. The second-order valence-corrected chi connectivity index (χ2v) is 4.87. The smallest absolute Gasteiger partial charge is 0.224 e. The molecule has 0 aliphatic rings. The fraction of sp³-hybridized carbons (Fsp3) is 0.583. The summed E-state index contributed by atoms with van der Waals surface area (Å²) < 4.78 is 0. The third kappa shape index (κ3) is 4.49. The number of nitrogens with one attached hydrogen (secondary N) is 3. The van der Waals surface area contributed by atoms with Crippen LogP contribution in [0.4, 0.5) is 0 Å². The molecule has 0 radical (unpaired) electrons. The fourth-order valence-electron chi connectivity index (χ4n) is 1.60. The minimum absolute atomic E-state index is 0.0729. The number of carbonyl (C=O) groups excluding carboxylic acids is 1. The quantitative estimate of drug-likeness (QED) is 0.671. The van der Waals surface area contributed by atoms with Gasteiger partial charge in [0.15, 0.2) is 0 Å². The van der Waals surface area contributed by atoms with Gasteiger partial charge in [-0.25, -0.2) is 0 Å². The van der Waals surface area contributed by atoms with Crippen molar-refractivity contribution >= 4 is 5.91 Å². The van der Waals surface area contributed by atoms with Gasteiger partial charge in [-0.15, -0.1) is 0 Å². The lowest BCUT2D eigenvalue weighted by molar-refractivity contribution is -0.120. The van der Waals surface area contributed by atoms with Gasteiger partial charge in [-0.1, -0.05) is 13.8 Å². The standard InChI is InChI=1S/C12H21N3O/c1-12(2,8-13-3)9-15-11(16)6-10-4-5-14-7-10/h4-5,7,13-14H,6,8-9H2,1-3H3,(H,15,16). The molecule has 4 heteroatoms. The van der Waals surface area contributed by atoms with Crippen LogP contribution in [0.25, 0.3) is 0 Å². The van der Waals surface area contributed by atoms with Gasteiger partial charge in [-0.3, -0.25) is 4.79 Å². The summed E-state index contributed by atoms with van der Waals surface area (Å²) in [6.45, 7) is 5.83. The molecule has 1 aromatic rings. The van der Waals surface area contributed by atoms with E-state index in [1.807, 2.05) is 25.5 Å². The van der Waals surface area contributed by atoms with Gasteiger partial charge < -0.3 is 15.6 Å². The maximum Gasteiger partial charge on any atom is 0.224 e. The average Bonchev–Trinajstić information content (AvgIpc) is 2.68. The highest BCUT2D eigenvalue weighted by molar-refractivity contribution is 5.78. The van der Waals surface area contributed by atoms with Crippen molar-refractivity contribution in [3.63, 3.8) is 0 Å². The zero-order valence-corrected chi connectivity index (χ0v) is 10.3. The van der Waals surface area contributed by atoms with E-state index in [1.165, 1.54) is 0 Å². The van der Waals surface area contributed by atoms with Gasteiger partial charge in [-0.05, 0) is 24.1 Å². The first-order chi connectivity index (χ1) is 7.53. The van der Waals surface area contributed by atoms with E-state index >= 15 is 0 Å². The van der Waals surface area contributed by atoms with E-state index in [9.17, 15) is 4.79 Å². The van der Waals surface area contributed by atoms with E-state index in [2.05, 4.69) is 29.5 Å². The maximum atomic E-state index is 11.6. The Morgan fingerprint density at radius 2 is 2.19 bits per heavy atom. The molecular formula is C12H21N3O. The SMILES string of the molecule is CNCC(C)(C)CNC(=O)Cc1cc[nH]c1. The third-order valence-corrected chi connectivity index (χ3v) is 2.45. The highest BCUT2D eigenvalue weighted by atomic mass is 16.1. The zero-order chi connectivity index (χ0) is 12.0. The molecule has 1 heterocycles. The number of amides is 1. The Morgan fingerprint density at radius 3 is 2.75 bits per heavy atom. The molecule has 1 amide bonds. The highest BCUT2D eigenvalue weighted by Gasteiger charge is 2.17. The molecule has 0 aliphatic heterocycles. The first kappa shape index (κ1) is 12.8. The number of H-pyrrole nitrogens is 1. The second-order valence-electron chi connectivity index (χ2n) is 4.87. The summed E-state index contributed by atoms with van der Waals surface area (Å²) in [6.07, 6.45) is 4.12. The topological polar surface area (TPSA) is 56.9 Å². The van der Waals surface area contributed by atoms with Crippen molar-refractivity contribution in [1.29, 1.82) is 0 Å². The van der Waals surface area contributed by atoms with E-state index in [-0.39, 0.29) is 11.3 Å². The van der Waals surface area contributed by atoms with Crippen molar-refractivity contribution in [2.75, 3.05) is 20.1 Å². The van der Waals surface area contributed by atoms with Crippen molar-refractivity contribution in [3.05, 3.63) is 24.0 Å². The van der Waals surface area contributed by atoms with Crippen LogP contribution in [0.3, 0.4) is 0 Å². The number of hydrogen-bond donors (Lipinski definition) is 3. The van der Waals surface area contributed by atoms with E-state index in [4.69, 9.17) is 0 Å². The Kier molecular flexibility index (Phi) is 4.55. The van der Waals surface area contributed by atoms with Crippen molar-refractivity contribution in [1.82, 2.24) is 15.6 Å². The summed E-state index contributed by atoms with van der Waals surface area (Å²) in [6, 6.07) is 1.92. The second kappa shape index (κ2) is 5.70. The van der Waals surface area contributed by atoms with Crippen LogP contribution < -0.4 is 10.6 Å². The molecule has 3 N–H and O–H groups in total. The largest absolute Gasteiger partial charge is 0.367 e. The van der Waals surface area contributed by atoms with E-state index < -0.39 is 0 Å². The Morgan fingerprint density at radius 1 is 1.44 bits per heavy atom. The highest BCUT2D eigenvalue weighted by Crippen LogP contribution is 2.11.